The summed E-state index contributed by atoms with van der Waals surface area (Å²) in [6.45, 7) is 4.54. The Morgan fingerprint density at radius 1 is 1.21 bits per heavy atom. The number of rotatable bonds is 1. The van der Waals surface area contributed by atoms with Crippen LogP contribution < -0.4 is 4.90 Å². The molecule has 0 aromatic carbocycles. The van der Waals surface area contributed by atoms with Gasteiger partial charge in [0.1, 0.15) is 0 Å². The van der Waals surface area contributed by atoms with Crippen molar-refractivity contribution in [3.63, 3.8) is 0 Å². The largest absolute Gasteiger partial charge is 0.354 e. The minimum absolute atomic E-state index is 0.761. The van der Waals surface area contributed by atoms with Crippen LogP contribution in [0, 0.1) is 11.8 Å². The summed E-state index contributed by atoms with van der Waals surface area (Å²) in [6, 6.07) is 1.91. The maximum atomic E-state index is 6.14. The number of fused-ring (bicyclic) bond motifs is 2. The molecule has 2 aliphatic rings. The van der Waals surface area contributed by atoms with Gasteiger partial charge in [-0.25, -0.2) is 0 Å². The Labute approximate surface area is 116 Å². The van der Waals surface area contributed by atoms with Crippen LogP contribution in [0.5, 0.6) is 0 Å². The molecule has 0 bridgehead atoms. The molecule has 2 atom stereocenters. The first-order valence-corrected chi connectivity index (χ1v) is 6.98. The van der Waals surface area contributed by atoms with Crippen LogP contribution in [0.4, 0.5) is 5.82 Å². The van der Waals surface area contributed by atoms with Crippen LogP contribution in [0.25, 0.3) is 10.9 Å². The number of halogens is 1. The predicted octanol–water partition coefficient (Wildman–Crippen LogP) is 1.43. The van der Waals surface area contributed by atoms with Crippen LogP contribution in [0.2, 0.25) is 0 Å². The zero-order valence-corrected chi connectivity index (χ0v) is 11.6. The van der Waals surface area contributed by atoms with Gasteiger partial charge in [0.15, 0.2) is 5.82 Å². The number of pyridine rings is 1. The summed E-state index contributed by atoms with van der Waals surface area (Å²) in [7, 11) is 2.20. The Balaban J connectivity index is 1.69. The first kappa shape index (κ1) is 11.5. The molecule has 4 rings (SSSR count). The second-order valence-corrected chi connectivity index (χ2v) is 6.04. The number of nitrogens with zero attached hydrogens (tertiary/aromatic N) is 5. The molecule has 0 spiro atoms. The molecule has 2 aromatic heterocycles. The maximum Gasteiger partial charge on any atom is 0.161 e. The van der Waals surface area contributed by atoms with E-state index in [2.05, 4.69) is 26.9 Å². The van der Waals surface area contributed by atoms with Gasteiger partial charge in [-0.2, -0.15) is 4.20 Å². The van der Waals surface area contributed by atoms with Gasteiger partial charge < -0.3 is 9.80 Å². The number of anilines is 1. The molecule has 2 aromatic rings. The fourth-order valence-corrected chi connectivity index (χ4v) is 3.76. The van der Waals surface area contributed by atoms with Gasteiger partial charge in [-0.1, -0.05) is 0 Å². The van der Waals surface area contributed by atoms with E-state index in [1.54, 1.807) is 6.20 Å². The van der Waals surface area contributed by atoms with Crippen molar-refractivity contribution in [2.24, 2.45) is 11.8 Å². The molecule has 0 aliphatic carbocycles. The van der Waals surface area contributed by atoms with Gasteiger partial charge in [0, 0.05) is 50.3 Å². The summed E-state index contributed by atoms with van der Waals surface area (Å²) in [4.78, 5) is 8.99. The lowest BCUT2D eigenvalue weighted by Crippen LogP contribution is -2.27. The summed E-state index contributed by atoms with van der Waals surface area (Å²) in [5, 5.41) is 5.52. The number of hydrogen-bond acceptors (Lipinski definition) is 4. The molecule has 5 nitrogen and oxygen atoms in total. The SMILES string of the molecule is CN1CC2CN(c3nn(Cl)c4ccncc34)CC2C1. The van der Waals surface area contributed by atoms with Crippen molar-refractivity contribution >= 4 is 28.5 Å². The van der Waals surface area contributed by atoms with E-state index in [0.29, 0.717) is 0 Å². The number of likely N-dealkylation sites (tertiary alicyclic amines) is 1. The standard InChI is InChI=1S/C13H16ClN5/c1-17-5-9-7-18(8-10(9)6-17)13-11-4-15-3-2-12(11)19(14)16-13/h2-4,9-10H,5-8H2,1H3. The number of aromatic nitrogens is 3. The molecule has 2 unspecified atom stereocenters. The molecule has 0 N–H and O–H groups in total. The second-order valence-electron chi connectivity index (χ2n) is 5.72. The minimum atomic E-state index is 0.761. The third-order valence-corrected chi connectivity index (χ3v) is 4.65. The third-order valence-electron chi connectivity index (χ3n) is 4.39. The Bertz CT molecular complexity index is 611. The molecular formula is C13H16ClN5. The van der Waals surface area contributed by atoms with Crippen LogP contribution in [-0.4, -0.2) is 52.4 Å². The van der Waals surface area contributed by atoms with Gasteiger partial charge in [0.05, 0.1) is 10.9 Å². The molecule has 0 radical (unpaired) electrons. The minimum Gasteiger partial charge on any atom is -0.354 e. The summed E-state index contributed by atoms with van der Waals surface area (Å²) in [6.07, 6.45) is 3.61. The molecule has 2 saturated heterocycles. The predicted molar refractivity (Wildman–Crippen MR) is 75.5 cm³/mol. The monoisotopic (exact) mass is 277 g/mol. The summed E-state index contributed by atoms with van der Waals surface area (Å²) in [5.41, 5.74) is 0.931. The smallest absolute Gasteiger partial charge is 0.161 e. The van der Waals surface area contributed by atoms with Crippen LogP contribution in [0.3, 0.4) is 0 Å². The van der Waals surface area contributed by atoms with Crippen LogP contribution in [0.1, 0.15) is 0 Å². The molecule has 0 saturated carbocycles. The van der Waals surface area contributed by atoms with E-state index in [1.807, 2.05) is 12.3 Å². The van der Waals surface area contributed by atoms with E-state index < -0.39 is 0 Å². The van der Waals surface area contributed by atoms with Gasteiger partial charge >= 0.3 is 0 Å². The Kier molecular flexibility index (Phi) is 2.47. The Morgan fingerprint density at radius 3 is 2.68 bits per heavy atom. The molecule has 0 amide bonds. The highest BCUT2D eigenvalue weighted by Gasteiger charge is 2.39. The first-order chi connectivity index (χ1) is 9.22. The van der Waals surface area contributed by atoms with E-state index in [-0.39, 0.29) is 0 Å². The van der Waals surface area contributed by atoms with E-state index in [9.17, 15) is 0 Å². The highest BCUT2D eigenvalue weighted by Crippen LogP contribution is 2.35. The quantitative estimate of drug-likeness (QED) is 0.790. The van der Waals surface area contributed by atoms with E-state index in [1.165, 1.54) is 17.3 Å². The van der Waals surface area contributed by atoms with Crippen LogP contribution in [-0.2, 0) is 0 Å². The maximum absolute atomic E-state index is 6.14. The molecule has 4 heterocycles. The molecule has 2 aliphatic heterocycles. The summed E-state index contributed by atoms with van der Waals surface area (Å²) >= 11 is 6.14. The van der Waals surface area contributed by atoms with Gasteiger partial charge in [0.25, 0.3) is 0 Å². The molecular weight excluding hydrogens is 262 g/mol. The fraction of sp³-hybridized carbons (Fsp3) is 0.538. The zero-order chi connectivity index (χ0) is 13.0. The van der Waals surface area contributed by atoms with Gasteiger partial charge in [-0.15, -0.1) is 5.10 Å². The molecule has 6 heteroatoms. The van der Waals surface area contributed by atoms with Crippen molar-refractivity contribution in [1.29, 1.82) is 0 Å². The first-order valence-electron chi connectivity index (χ1n) is 6.65. The molecule has 19 heavy (non-hydrogen) atoms. The second kappa shape index (κ2) is 4.08. The van der Waals surface area contributed by atoms with Crippen LogP contribution in [0.15, 0.2) is 18.5 Å². The third kappa shape index (κ3) is 1.72. The fourth-order valence-electron chi connectivity index (χ4n) is 3.55. The van der Waals surface area contributed by atoms with Gasteiger partial charge in [0.2, 0.25) is 0 Å². The molecule has 100 valence electrons. The van der Waals surface area contributed by atoms with Crippen LogP contribution >= 0.6 is 11.8 Å². The molecule has 2 fully saturated rings. The number of hydrogen-bond donors (Lipinski definition) is 0. The lowest BCUT2D eigenvalue weighted by atomic mass is 10.0. The van der Waals surface area contributed by atoms with Gasteiger partial charge in [-0.3, -0.25) is 4.98 Å². The van der Waals surface area contributed by atoms with Crippen molar-refractivity contribution in [3.05, 3.63) is 18.5 Å². The average Bonchev–Trinajstić information content (AvgIpc) is 3.01. The zero-order valence-electron chi connectivity index (χ0n) is 10.8. The summed E-state index contributed by atoms with van der Waals surface area (Å²) in [5.74, 6) is 2.50. The van der Waals surface area contributed by atoms with Gasteiger partial charge in [-0.05, 0) is 24.9 Å². The van der Waals surface area contributed by atoms with E-state index >= 15 is 0 Å². The summed E-state index contributed by atoms with van der Waals surface area (Å²) < 4.78 is 1.44. The topological polar surface area (TPSA) is 37.2 Å². The van der Waals surface area contributed by atoms with Crippen molar-refractivity contribution < 1.29 is 0 Å². The van der Waals surface area contributed by atoms with Crippen molar-refractivity contribution in [3.8, 4) is 0 Å². The van der Waals surface area contributed by atoms with Crippen molar-refractivity contribution in [2.45, 2.75) is 0 Å². The Morgan fingerprint density at radius 2 is 1.95 bits per heavy atom. The van der Waals surface area contributed by atoms with E-state index in [4.69, 9.17) is 11.8 Å². The van der Waals surface area contributed by atoms with Crippen molar-refractivity contribution in [2.75, 3.05) is 38.1 Å². The average molecular weight is 278 g/mol. The Hall–Kier alpha value is -1.33. The van der Waals surface area contributed by atoms with E-state index in [0.717, 1.165) is 41.6 Å². The highest BCUT2D eigenvalue weighted by molar-refractivity contribution is 6.19. The lowest BCUT2D eigenvalue weighted by molar-refractivity contribution is 0.387. The highest BCUT2D eigenvalue weighted by atomic mass is 35.5. The van der Waals surface area contributed by atoms with Crippen molar-refractivity contribution in [1.82, 2.24) is 19.2 Å². The normalized spacial score (nSPS) is 27.4. The lowest BCUT2D eigenvalue weighted by Gasteiger charge is -2.18.